The number of imidazole rings is 1. The molecule has 12 heteroatoms. The minimum Gasteiger partial charge on any atom is -0.481 e. The van der Waals surface area contributed by atoms with Crippen LogP contribution in [0, 0.1) is 5.82 Å². The van der Waals surface area contributed by atoms with E-state index in [2.05, 4.69) is 27.1 Å². The molecule has 0 spiro atoms. The highest BCUT2D eigenvalue weighted by Crippen LogP contribution is 2.31. The number of hydrogen-bond acceptors (Lipinski definition) is 7. The van der Waals surface area contributed by atoms with Crippen LogP contribution < -0.4 is 10.4 Å². The van der Waals surface area contributed by atoms with Gasteiger partial charge in [0.25, 0.3) is 5.89 Å². The lowest BCUT2D eigenvalue weighted by molar-refractivity contribution is 0.116. The topological polar surface area (TPSA) is 91.2 Å². The largest absolute Gasteiger partial charge is 0.481 e. The molecule has 0 bridgehead atoms. The molecule has 5 aromatic rings. The van der Waals surface area contributed by atoms with Gasteiger partial charge in [-0.1, -0.05) is 12.1 Å². The van der Waals surface area contributed by atoms with Gasteiger partial charge in [-0.15, -0.1) is 10.2 Å². The van der Waals surface area contributed by atoms with Crippen molar-refractivity contribution in [3.8, 4) is 28.5 Å². The standard InChI is InChI=1S/C29H27F3N6O3/c1-36-11-9-21(10-12-36)38-24-14-17(19-6-8-25(40-2)33-15-19)5-7-23(24)37(29(38)39)16-20-4-3-18(13-22(20)30)27-34-35-28(41-27)26(31)32/h3-8,13-15,21,26H,9-12,16H2,1-2H3. The number of aromatic nitrogens is 5. The monoisotopic (exact) mass is 564 g/mol. The maximum absolute atomic E-state index is 15.3. The third-order valence-electron chi connectivity index (χ3n) is 7.55. The second kappa shape index (κ2) is 10.8. The second-order valence-corrected chi connectivity index (χ2v) is 10.1. The van der Waals surface area contributed by atoms with E-state index < -0.39 is 18.1 Å². The molecule has 0 amide bonds. The van der Waals surface area contributed by atoms with Crippen molar-refractivity contribution in [2.45, 2.75) is 31.9 Å². The molecule has 0 radical (unpaired) electrons. The van der Waals surface area contributed by atoms with Crippen molar-refractivity contribution in [3.05, 3.63) is 82.5 Å². The van der Waals surface area contributed by atoms with Crippen molar-refractivity contribution >= 4 is 11.0 Å². The first-order valence-corrected chi connectivity index (χ1v) is 13.2. The number of nitrogens with zero attached hydrogens (tertiary/aromatic N) is 6. The lowest BCUT2D eigenvalue weighted by atomic mass is 10.0. The number of fused-ring (bicyclic) bond motifs is 1. The van der Waals surface area contributed by atoms with Gasteiger partial charge in [0.1, 0.15) is 5.82 Å². The summed E-state index contributed by atoms with van der Waals surface area (Å²) in [7, 11) is 3.62. The highest BCUT2D eigenvalue weighted by molar-refractivity contribution is 5.83. The average molecular weight is 565 g/mol. The predicted octanol–water partition coefficient (Wildman–Crippen LogP) is 5.32. The zero-order valence-corrected chi connectivity index (χ0v) is 22.4. The van der Waals surface area contributed by atoms with Crippen LogP contribution in [0.1, 0.15) is 36.8 Å². The molecular weight excluding hydrogens is 537 g/mol. The van der Waals surface area contributed by atoms with Crippen LogP contribution >= 0.6 is 0 Å². The lowest BCUT2D eigenvalue weighted by Gasteiger charge is -2.29. The Morgan fingerprint density at radius 2 is 1.76 bits per heavy atom. The molecule has 6 rings (SSSR count). The Balaban J connectivity index is 1.40. The van der Waals surface area contributed by atoms with Crippen LogP contribution in [0.15, 0.2) is 63.9 Å². The van der Waals surface area contributed by atoms with E-state index in [0.29, 0.717) is 11.4 Å². The van der Waals surface area contributed by atoms with Crippen LogP contribution in [0.4, 0.5) is 13.2 Å². The van der Waals surface area contributed by atoms with Crippen LogP contribution in [0.5, 0.6) is 5.88 Å². The number of rotatable bonds is 7. The number of ether oxygens (including phenoxy) is 1. The molecule has 1 aliphatic rings. The van der Waals surface area contributed by atoms with Crippen molar-refractivity contribution in [1.82, 2.24) is 29.2 Å². The van der Waals surface area contributed by atoms with Crippen molar-refractivity contribution < 1.29 is 22.3 Å². The Morgan fingerprint density at radius 3 is 2.41 bits per heavy atom. The van der Waals surface area contributed by atoms with E-state index in [0.717, 1.165) is 48.6 Å². The summed E-state index contributed by atoms with van der Waals surface area (Å²) in [6.45, 7) is 1.71. The first-order valence-electron chi connectivity index (χ1n) is 13.2. The molecule has 0 atom stereocenters. The van der Waals surface area contributed by atoms with Crippen LogP contribution in [-0.4, -0.2) is 56.5 Å². The number of hydrogen-bond donors (Lipinski definition) is 0. The fraction of sp³-hybridized carbons (Fsp3) is 0.310. The molecule has 4 heterocycles. The maximum Gasteiger partial charge on any atom is 0.329 e. The molecule has 2 aromatic carbocycles. The molecule has 1 saturated heterocycles. The molecule has 0 saturated carbocycles. The van der Waals surface area contributed by atoms with Gasteiger partial charge in [-0.05, 0) is 68.9 Å². The normalized spacial score (nSPS) is 14.8. The van der Waals surface area contributed by atoms with E-state index in [1.54, 1.807) is 23.9 Å². The molecule has 1 aliphatic heterocycles. The average Bonchev–Trinajstić information content (AvgIpc) is 3.58. The third-order valence-corrected chi connectivity index (χ3v) is 7.55. The summed E-state index contributed by atoms with van der Waals surface area (Å²) >= 11 is 0. The third kappa shape index (κ3) is 5.10. The van der Waals surface area contributed by atoms with Gasteiger partial charge in [0, 0.05) is 35.0 Å². The molecule has 1 fully saturated rings. The van der Waals surface area contributed by atoms with Crippen LogP contribution in [0.2, 0.25) is 0 Å². The van der Waals surface area contributed by atoms with Gasteiger partial charge >= 0.3 is 12.1 Å². The number of halogens is 3. The summed E-state index contributed by atoms with van der Waals surface area (Å²) in [6, 6.07) is 13.6. The predicted molar refractivity (Wildman–Crippen MR) is 145 cm³/mol. The number of methoxy groups -OCH3 is 1. The summed E-state index contributed by atoms with van der Waals surface area (Å²) in [5.41, 5.74) is 3.42. The molecule has 212 valence electrons. The Morgan fingerprint density at radius 1 is 1.00 bits per heavy atom. The fourth-order valence-electron chi connectivity index (χ4n) is 5.31. The maximum atomic E-state index is 15.3. The number of alkyl halides is 2. The van der Waals surface area contributed by atoms with Gasteiger partial charge < -0.3 is 14.1 Å². The molecule has 3 aromatic heterocycles. The summed E-state index contributed by atoms with van der Waals surface area (Å²) < 4.78 is 54.5. The van der Waals surface area contributed by atoms with Gasteiger partial charge in [0.2, 0.25) is 11.8 Å². The molecule has 9 nitrogen and oxygen atoms in total. The van der Waals surface area contributed by atoms with Crippen LogP contribution in [0.3, 0.4) is 0 Å². The first-order chi connectivity index (χ1) is 19.8. The summed E-state index contributed by atoms with van der Waals surface area (Å²) in [5, 5.41) is 6.88. The minimum absolute atomic E-state index is 0.000438. The fourth-order valence-corrected chi connectivity index (χ4v) is 5.31. The quantitative estimate of drug-likeness (QED) is 0.264. The van der Waals surface area contributed by atoms with Gasteiger partial charge in [-0.25, -0.2) is 14.2 Å². The van der Waals surface area contributed by atoms with Crippen LogP contribution in [-0.2, 0) is 6.54 Å². The van der Waals surface area contributed by atoms with E-state index in [1.165, 1.54) is 12.1 Å². The van der Waals surface area contributed by atoms with Crippen molar-refractivity contribution in [2.24, 2.45) is 0 Å². The highest BCUT2D eigenvalue weighted by atomic mass is 19.3. The van der Waals surface area contributed by atoms with E-state index in [-0.39, 0.29) is 35.3 Å². The number of pyridine rings is 1. The summed E-state index contributed by atoms with van der Waals surface area (Å²) in [5.74, 6) is -1.15. The lowest BCUT2D eigenvalue weighted by Crippen LogP contribution is -2.36. The first kappa shape index (κ1) is 26.8. The second-order valence-electron chi connectivity index (χ2n) is 10.1. The minimum atomic E-state index is -2.92. The van der Waals surface area contributed by atoms with E-state index in [1.807, 2.05) is 28.8 Å². The van der Waals surface area contributed by atoms with Crippen molar-refractivity contribution in [1.29, 1.82) is 0 Å². The molecule has 41 heavy (non-hydrogen) atoms. The van der Waals surface area contributed by atoms with Gasteiger partial charge in [-0.3, -0.25) is 9.13 Å². The van der Waals surface area contributed by atoms with E-state index >= 15 is 4.39 Å². The molecular formula is C29H27F3N6O3. The Hall–Kier alpha value is -4.45. The molecule has 0 aliphatic carbocycles. The van der Waals surface area contributed by atoms with Gasteiger partial charge in [0.15, 0.2) is 0 Å². The van der Waals surface area contributed by atoms with Gasteiger partial charge in [-0.2, -0.15) is 8.78 Å². The molecule has 0 N–H and O–H groups in total. The Bertz CT molecular complexity index is 1750. The highest BCUT2D eigenvalue weighted by Gasteiger charge is 2.25. The smallest absolute Gasteiger partial charge is 0.329 e. The Labute approximate surface area is 232 Å². The number of likely N-dealkylation sites (tertiary alicyclic amines) is 1. The molecule has 0 unspecified atom stereocenters. The van der Waals surface area contributed by atoms with Crippen LogP contribution in [0.25, 0.3) is 33.6 Å². The number of piperidine rings is 1. The van der Waals surface area contributed by atoms with Crippen molar-refractivity contribution in [2.75, 3.05) is 27.2 Å². The van der Waals surface area contributed by atoms with Crippen molar-refractivity contribution in [3.63, 3.8) is 0 Å². The zero-order chi connectivity index (χ0) is 28.7. The number of benzene rings is 2. The zero-order valence-electron chi connectivity index (χ0n) is 22.4. The van der Waals surface area contributed by atoms with Gasteiger partial charge in [0.05, 0.1) is 24.7 Å². The van der Waals surface area contributed by atoms with E-state index in [4.69, 9.17) is 9.15 Å². The summed E-state index contributed by atoms with van der Waals surface area (Å²) in [6.07, 6.45) is 0.435. The summed E-state index contributed by atoms with van der Waals surface area (Å²) in [4.78, 5) is 20.5. The SMILES string of the molecule is COc1ccc(-c2ccc3c(c2)n(C2CCN(C)CC2)c(=O)n3Cc2ccc(-c3nnc(C(F)F)o3)cc2F)cn1. The Kier molecular flexibility index (Phi) is 7.08. The van der Waals surface area contributed by atoms with E-state index in [9.17, 15) is 13.6 Å².